The van der Waals surface area contributed by atoms with Gasteiger partial charge in [0.25, 0.3) is 11.6 Å². The quantitative estimate of drug-likeness (QED) is 0.470. The predicted molar refractivity (Wildman–Crippen MR) is 93.2 cm³/mol. The van der Waals surface area contributed by atoms with Gasteiger partial charge in [-0.25, -0.2) is 4.79 Å². The van der Waals surface area contributed by atoms with Gasteiger partial charge in [0.05, 0.1) is 16.2 Å². The number of anilines is 1. The average molecular weight is 394 g/mol. The molecule has 2 aromatic carbocycles. The average Bonchev–Trinajstić information content (AvgIpc) is 2.59. The van der Waals surface area contributed by atoms with Crippen molar-refractivity contribution in [1.29, 1.82) is 5.26 Å². The summed E-state index contributed by atoms with van der Waals surface area (Å²) in [7, 11) is 0. The zero-order chi connectivity index (χ0) is 19.3. The maximum absolute atomic E-state index is 12.0. The Morgan fingerprint density at radius 2 is 1.85 bits per heavy atom. The number of hydrogen-bond donors (Lipinski definition) is 1. The first-order chi connectivity index (χ1) is 12.3. The van der Waals surface area contributed by atoms with E-state index in [9.17, 15) is 19.7 Å². The Morgan fingerprint density at radius 3 is 2.50 bits per heavy atom. The summed E-state index contributed by atoms with van der Waals surface area (Å²) < 4.78 is 4.78. The molecule has 0 heterocycles. The number of amides is 1. The van der Waals surface area contributed by atoms with E-state index in [-0.39, 0.29) is 21.8 Å². The number of nitrogens with one attached hydrogen (secondary N) is 1. The number of carbonyl (C=O) groups is 2. The molecule has 26 heavy (non-hydrogen) atoms. The van der Waals surface area contributed by atoms with Crippen LogP contribution >= 0.6 is 23.2 Å². The maximum Gasteiger partial charge on any atom is 0.345 e. The molecule has 0 aliphatic rings. The molecule has 0 radical (unpaired) electrons. The van der Waals surface area contributed by atoms with E-state index in [0.29, 0.717) is 5.02 Å². The third-order valence-corrected chi connectivity index (χ3v) is 3.56. The number of ether oxygens (including phenoxy) is 1. The van der Waals surface area contributed by atoms with Gasteiger partial charge in [-0.15, -0.1) is 0 Å². The number of esters is 1. The van der Waals surface area contributed by atoms with Gasteiger partial charge in [0.2, 0.25) is 0 Å². The van der Waals surface area contributed by atoms with Gasteiger partial charge in [0.15, 0.2) is 6.61 Å². The second kappa shape index (κ2) is 8.29. The molecule has 0 aliphatic carbocycles. The SMILES string of the molecule is N#Cc1ccc(Cl)cc1NC(=O)COC(=O)c1cc(Cl)ccc1[N+](=O)[O-]. The first-order valence-electron chi connectivity index (χ1n) is 6.92. The summed E-state index contributed by atoms with van der Waals surface area (Å²) >= 11 is 11.5. The van der Waals surface area contributed by atoms with Crippen molar-refractivity contribution >= 4 is 46.5 Å². The Morgan fingerprint density at radius 1 is 1.19 bits per heavy atom. The molecular formula is C16H9Cl2N3O5. The molecule has 0 bridgehead atoms. The molecular weight excluding hydrogens is 385 g/mol. The molecule has 0 spiro atoms. The highest BCUT2D eigenvalue weighted by Gasteiger charge is 2.22. The van der Waals surface area contributed by atoms with Crippen LogP contribution in [0.1, 0.15) is 15.9 Å². The molecule has 0 saturated carbocycles. The molecule has 1 N–H and O–H groups in total. The summed E-state index contributed by atoms with van der Waals surface area (Å²) in [6.07, 6.45) is 0. The molecule has 0 aliphatic heterocycles. The molecule has 8 nitrogen and oxygen atoms in total. The lowest BCUT2D eigenvalue weighted by molar-refractivity contribution is -0.385. The van der Waals surface area contributed by atoms with Gasteiger partial charge in [-0.1, -0.05) is 23.2 Å². The van der Waals surface area contributed by atoms with Crippen molar-refractivity contribution in [2.45, 2.75) is 0 Å². The Labute approximate surface area is 157 Å². The van der Waals surface area contributed by atoms with Crippen molar-refractivity contribution in [3.8, 4) is 6.07 Å². The van der Waals surface area contributed by atoms with Gasteiger partial charge >= 0.3 is 5.97 Å². The summed E-state index contributed by atoms with van der Waals surface area (Å²) in [6.45, 7) is -0.722. The number of nitro groups is 1. The van der Waals surface area contributed by atoms with Crippen LogP contribution in [0.4, 0.5) is 11.4 Å². The van der Waals surface area contributed by atoms with E-state index in [1.807, 2.05) is 6.07 Å². The van der Waals surface area contributed by atoms with Crippen LogP contribution in [0.2, 0.25) is 10.0 Å². The lowest BCUT2D eigenvalue weighted by Gasteiger charge is -2.08. The number of carbonyl (C=O) groups excluding carboxylic acids is 2. The summed E-state index contributed by atoms with van der Waals surface area (Å²) in [4.78, 5) is 34.1. The lowest BCUT2D eigenvalue weighted by atomic mass is 10.2. The number of nitrogens with zero attached hydrogens (tertiary/aromatic N) is 2. The van der Waals surface area contributed by atoms with Gasteiger partial charge in [0, 0.05) is 16.1 Å². The molecule has 2 aromatic rings. The van der Waals surface area contributed by atoms with E-state index >= 15 is 0 Å². The Bertz CT molecular complexity index is 940. The number of hydrogen-bond acceptors (Lipinski definition) is 6. The molecule has 0 unspecified atom stereocenters. The summed E-state index contributed by atoms with van der Waals surface area (Å²) in [5, 5.41) is 22.7. The molecule has 0 aromatic heterocycles. The van der Waals surface area contributed by atoms with Gasteiger partial charge in [-0.3, -0.25) is 14.9 Å². The highest BCUT2D eigenvalue weighted by molar-refractivity contribution is 6.31. The van der Waals surface area contributed by atoms with Crippen LogP contribution in [-0.2, 0) is 9.53 Å². The molecule has 10 heteroatoms. The Hall–Kier alpha value is -3.15. The third-order valence-electron chi connectivity index (χ3n) is 3.09. The minimum Gasteiger partial charge on any atom is -0.452 e. The molecule has 2 rings (SSSR count). The normalized spacial score (nSPS) is 9.88. The van der Waals surface area contributed by atoms with Crippen LogP contribution in [0.25, 0.3) is 0 Å². The number of halogens is 2. The van der Waals surface area contributed by atoms with E-state index in [0.717, 1.165) is 12.1 Å². The van der Waals surface area contributed by atoms with Gasteiger partial charge in [0.1, 0.15) is 11.6 Å². The van der Waals surface area contributed by atoms with Crippen LogP contribution in [-0.4, -0.2) is 23.4 Å². The number of rotatable bonds is 5. The second-order valence-electron chi connectivity index (χ2n) is 4.84. The van der Waals surface area contributed by atoms with Crippen molar-refractivity contribution in [3.05, 3.63) is 67.7 Å². The fourth-order valence-corrected chi connectivity index (χ4v) is 2.29. The van der Waals surface area contributed by atoms with Crippen molar-refractivity contribution in [3.63, 3.8) is 0 Å². The Kier molecular flexibility index (Phi) is 6.11. The summed E-state index contributed by atoms with van der Waals surface area (Å²) in [6, 6.07) is 9.52. The molecule has 0 saturated heterocycles. The summed E-state index contributed by atoms with van der Waals surface area (Å²) in [5.74, 6) is -1.83. The number of nitriles is 1. The van der Waals surface area contributed by atoms with E-state index < -0.39 is 29.1 Å². The fraction of sp³-hybridized carbons (Fsp3) is 0.0625. The smallest absolute Gasteiger partial charge is 0.345 e. The second-order valence-corrected chi connectivity index (χ2v) is 5.72. The van der Waals surface area contributed by atoms with Crippen LogP contribution in [0, 0.1) is 21.4 Å². The molecule has 0 fully saturated rings. The van der Waals surface area contributed by atoms with Crippen LogP contribution < -0.4 is 5.32 Å². The van der Waals surface area contributed by atoms with Crippen molar-refractivity contribution in [2.24, 2.45) is 0 Å². The van der Waals surface area contributed by atoms with Crippen LogP contribution in [0.3, 0.4) is 0 Å². The van der Waals surface area contributed by atoms with Crippen LogP contribution in [0.5, 0.6) is 0 Å². The van der Waals surface area contributed by atoms with Crippen molar-refractivity contribution in [2.75, 3.05) is 11.9 Å². The zero-order valence-corrected chi connectivity index (χ0v) is 14.4. The first-order valence-corrected chi connectivity index (χ1v) is 7.68. The Balaban J connectivity index is 2.08. The monoisotopic (exact) mass is 393 g/mol. The number of benzene rings is 2. The summed E-state index contributed by atoms with van der Waals surface area (Å²) in [5.41, 5.74) is -0.563. The largest absolute Gasteiger partial charge is 0.452 e. The van der Waals surface area contributed by atoms with Crippen molar-refractivity contribution < 1.29 is 19.2 Å². The highest BCUT2D eigenvalue weighted by Crippen LogP contribution is 2.24. The van der Waals surface area contributed by atoms with Gasteiger partial charge in [-0.05, 0) is 30.3 Å². The minimum atomic E-state index is -1.08. The van der Waals surface area contributed by atoms with E-state index in [4.69, 9.17) is 33.2 Å². The molecule has 1 amide bonds. The standard InChI is InChI=1S/C16H9Cl2N3O5/c17-10-3-4-14(21(24)25)12(5-10)16(23)26-8-15(22)20-13-6-11(18)2-1-9(13)7-19/h1-6H,8H2,(H,20,22). The van der Waals surface area contributed by atoms with E-state index in [1.165, 1.54) is 24.3 Å². The zero-order valence-electron chi connectivity index (χ0n) is 12.9. The topological polar surface area (TPSA) is 122 Å². The van der Waals surface area contributed by atoms with E-state index in [1.54, 1.807) is 0 Å². The van der Waals surface area contributed by atoms with E-state index in [2.05, 4.69) is 5.32 Å². The third kappa shape index (κ3) is 4.69. The first kappa shape index (κ1) is 19.2. The number of nitro benzene ring substituents is 1. The predicted octanol–water partition coefficient (Wildman–Crippen LogP) is 3.57. The van der Waals surface area contributed by atoms with Gasteiger partial charge in [-0.2, -0.15) is 5.26 Å². The lowest BCUT2D eigenvalue weighted by Crippen LogP contribution is -2.21. The van der Waals surface area contributed by atoms with Crippen LogP contribution in [0.15, 0.2) is 36.4 Å². The molecule has 0 atom stereocenters. The fourth-order valence-electron chi connectivity index (χ4n) is 1.94. The van der Waals surface area contributed by atoms with Crippen molar-refractivity contribution in [1.82, 2.24) is 0 Å². The maximum atomic E-state index is 12.0. The highest BCUT2D eigenvalue weighted by atomic mass is 35.5. The minimum absolute atomic E-state index is 0.101. The molecule has 132 valence electrons. The van der Waals surface area contributed by atoms with Gasteiger partial charge < -0.3 is 10.1 Å².